The smallest absolute Gasteiger partial charge is 0.325 e. The van der Waals surface area contributed by atoms with E-state index in [1.807, 2.05) is 27.7 Å². The molecule has 142 valence electrons. The minimum absolute atomic E-state index is 0.0451. The van der Waals surface area contributed by atoms with Crippen LogP contribution in [0.15, 0.2) is 24.3 Å². The molecule has 0 unspecified atom stereocenters. The molecule has 1 heterocycles. The summed E-state index contributed by atoms with van der Waals surface area (Å²) in [5.41, 5.74) is -0.773. The molecule has 1 aromatic carbocycles. The van der Waals surface area contributed by atoms with Crippen molar-refractivity contribution in [3.8, 4) is 0 Å². The number of benzene rings is 1. The van der Waals surface area contributed by atoms with Crippen molar-refractivity contribution in [3.63, 3.8) is 0 Å². The molecule has 7 heteroatoms. The van der Waals surface area contributed by atoms with Crippen molar-refractivity contribution in [3.05, 3.63) is 35.6 Å². The topological polar surface area (TPSA) is 69.7 Å². The van der Waals surface area contributed by atoms with E-state index in [2.05, 4.69) is 5.32 Å². The molecule has 0 aliphatic carbocycles. The van der Waals surface area contributed by atoms with E-state index < -0.39 is 23.3 Å². The molecule has 0 radical (unpaired) electrons. The zero-order chi connectivity index (χ0) is 19.6. The summed E-state index contributed by atoms with van der Waals surface area (Å²) in [5, 5.41) is 2.70. The van der Waals surface area contributed by atoms with E-state index in [0.29, 0.717) is 12.0 Å². The van der Waals surface area contributed by atoms with Crippen molar-refractivity contribution >= 4 is 17.8 Å². The van der Waals surface area contributed by atoms with Crippen LogP contribution in [-0.2, 0) is 15.1 Å². The van der Waals surface area contributed by atoms with Crippen LogP contribution in [-0.4, -0.2) is 46.3 Å². The van der Waals surface area contributed by atoms with Gasteiger partial charge in [-0.25, -0.2) is 9.18 Å². The molecule has 1 aliphatic heterocycles. The van der Waals surface area contributed by atoms with Crippen molar-refractivity contribution in [1.29, 1.82) is 0 Å². The monoisotopic (exact) mass is 363 g/mol. The fourth-order valence-corrected chi connectivity index (χ4v) is 3.53. The van der Waals surface area contributed by atoms with Crippen LogP contribution in [0.25, 0.3) is 0 Å². The van der Waals surface area contributed by atoms with Gasteiger partial charge in [-0.3, -0.25) is 14.5 Å². The van der Waals surface area contributed by atoms with Gasteiger partial charge in [0.2, 0.25) is 5.91 Å². The molecule has 26 heavy (non-hydrogen) atoms. The number of rotatable bonds is 6. The van der Waals surface area contributed by atoms with Gasteiger partial charge in [-0.2, -0.15) is 0 Å². The van der Waals surface area contributed by atoms with Gasteiger partial charge in [0.25, 0.3) is 5.91 Å². The highest BCUT2D eigenvalue weighted by atomic mass is 19.1. The van der Waals surface area contributed by atoms with Crippen LogP contribution in [0.1, 0.15) is 46.6 Å². The number of halogens is 1. The largest absolute Gasteiger partial charge is 0.336 e. The second-order valence-corrected chi connectivity index (χ2v) is 7.08. The maximum absolute atomic E-state index is 13.2. The third kappa shape index (κ3) is 3.43. The normalized spacial score (nSPS) is 20.1. The maximum Gasteiger partial charge on any atom is 0.325 e. The lowest BCUT2D eigenvalue weighted by atomic mass is 9.87. The van der Waals surface area contributed by atoms with Crippen molar-refractivity contribution in [1.82, 2.24) is 15.1 Å². The number of hydrogen-bond acceptors (Lipinski definition) is 3. The number of imide groups is 1. The van der Waals surface area contributed by atoms with Crippen molar-refractivity contribution in [2.75, 3.05) is 6.54 Å². The summed E-state index contributed by atoms with van der Waals surface area (Å²) in [6, 6.07) is 4.77. The van der Waals surface area contributed by atoms with E-state index in [4.69, 9.17) is 0 Å². The summed E-state index contributed by atoms with van der Waals surface area (Å²) >= 11 is 0. The van der Waals surface area contributed by atoms with Gasteiger partial charge in [0.1, 0.15) is 17.9 Å². The highest BCUT2D eigenvalue weighted by Gasteiger charge is 2.51. The fourth-order valence-electron chi connectivity index (χ4n) is 3.53. The first-order valence-electron chi connectivity index (χ1n) is 8.85. The van der Waals surface area contributed by atoms with Gasteiger partial charge >= 0.3 is 6.03 Å². The van der Waals surface area contributed by atoms with Crippen LogP contribution in [0.5, 0.6) is 0 Å². The standard InChI is InChI=1S/C19H26FN3O3/c1-6-19(14-7-9-15(20)10-8-14)17(25)22(18(26)21-19)11-16(24)23(12(2)3)13(4)5/h7-10,12-13H,6,11H2,1-5H3,(H,21,26)/t19-/m1/s1. The summed E-state index contributed by atoms with van der Waals surface area (Å²) in [4.78, 5) is 40.7. The predicted octanol–water partition coefficient (Wildman–Crippen LogP) is 2.63. The Morgan fingerprint density at radius 1 is 1.15 bits per heavy atom. The Kier molecular flexibility index (Phi) is 5.68. The lowest BCUT2D eigenvalue weighted by Crippen LogP contribution is -2.49. The average molecular weight is 363 g/mol. The first-order valence-corrected chi connectivity index (χ1v) is 8.85. The Morgan fingerprint density at radius 2 is 1.69 bits per heavy atom. The zero-order valence-electron chi connectivity index (χ0n) is 15.9. The number of urea groups is 1. The van der Waals surface area contributed by atoms with E-state index in [1.54, 1.807) is 11.8 Å². The number of nitrogens with zero attached hydrogens (tertiary/aromatic N) is 2. The SMILES string of the molecule is CC[C@]1(c2ccc(F)cc2)NC(=O)N(CC(=O)N(C(C)C)C(C)C)C1=O. The first kappa shape index (κ1) is 19.9. The molecule has 0 saturated carbocycles. The van der Waals surface area contributed by atoms with E-state index in [9.17, 15) is 18.8 Å². The molecule has 1 aromatic rings. The Hall–Kier alpha value is -2.44. The third-order valence-electron chi connectivity index (χ3n) is 4.74. The number of amides is 4. The number of carbonyl (C=O) groups is 3. The molecule has 1 N–H and O–H groups in total. The number of carbonyl (C=O) groups excluding carboxylic acids is 3. The number of nitrogens with one attached hydrogen (secondary N) is 1. The Morgan fingerprint density at radius 3 is 2.15 bits per heavy atom. The van der Waals surface area contributed by atoms with Gasteiger partial charge in [0.05, 0.1) is 0 Å². The van der Waals surface area contributed by atoms with E-state index in [-0.39, 0.29) is 24.5 Å². The van der Waals surface area contributed by atoms with E-state index >= 15 is 0 Å². The second kappa shape index (κ2) is 7.43. The predicted molar refractivity (Wildman–Crippen MR) is 95.7 cm³/mol. The molecule has 0 aromatic heterocycles. The molecule has 2 rings (SSSR count). The van der Waals surface area contributed by atoms with Crippen molar-refractivity contribution in [2.45, 2.75) is 58.7 Å². The Bertz CT molecular complexity index is 694. The summed E-state index contributed by atoms with van der Waals surface area (Å²) in [5.74, 6) is -1.20. The Labute approximate surface area is 153 Å². The molecule has 4 amide bonds. The summed E-state index contributed by atoms with van der Waals surface area (Å²) in [7, 11) is 0. The van der Waals surface area contributed by atoms with Gasteiger partial charge in [0, 0.05) is 12.1 Å². The van der Waals surface area contributed by atoms with Gasteiger partial charge in [-0.15, -0.1) is 0 Å². The molecular formula is C19H26FN3O3. The molecule has 1 atom stereocenters. The summed E-state index contributed by atoms with van der Waals surface area (Å²) in [6.45, 7) is 9.00. The quantitative estimate of drug-likeness (QED) is 0.790. The average Bonchev–Trinajstić information content (AvgIpc) is 2.80. The van der Waals surface area contributed by atoms with Crippen LogP contribution >= 0.6 is 0 Å². The van der Waals surface area contributed by atoms with Gasteiger partial charge in [-0.1, -0.05) is 19.1 Å². The minimum atomic E-state index is -1.27. The minimum Gasteiger partial charge on any atom is -0.336 e. The van der Waals surface area contributed by atoms with E-state index in [1.165, 1.54) is 24.3 Å². The Balaban J connectivity index is 2.30. The summed E-state index contributed by atoms with van der Waals surface area (Å²) in [6.07, 6.45) is 0.298. The highest BCUT2D eigenvalue weighted by Crippen LogP contribution is 2.32. The molecule has 0 bridgehead atoms. The molecule has 1 saturated heterocycles. The van der Waals surface area contributed by atoms with Crippen LogP contribution < -0.4 is 5.32 Å². The van der Waals surface area contributed by atoms with Crippen LogP contribution in [0, 0.1) is 5.82 Å². The molecule has 1 aliphatic rings. The van der Waals surface area contributed by atoms with Crippen LogP contribution in [0.4, 0.5) is 9.18 Å². The lowest BCUT2D eigenvalue weighted by Gasteiger charge is -2.32. The molecule has 0 spiro atoms. The number of hydrogen-bond donors (Lipinski definition) is 1. The van der Waals surface area contributed by atoms with Gasteiger partial charge in [0.15, 0.2) is 0 Å². The summed E-state index contributed by atoms with van der Waals surface area (Å²) < 4.78 is 13.2. The van der Waals surface area contributed by atoms with Crippen molar-refractivity contribution < 1.29 is 18.8 Å². The lowest BCUT2D eigenvalue weighted by molar-refractivity contribution is -0.141. The van der Waals surface area contributed by atoms with Gasteiger partial charge in [-0.05, 0) is 51.8 Å². The van der Waals surface area contributed by atoms with Gasteiger partial charge < -0.3 is 10.2 Å². The van der Waals surface area contributed by atoms with E-state index in [0.717, 1.165) is 4.90 Å². The van der Waals surface area contributed by atoms with Crippen LogP contribution in [0.3, 0.4) is 0 Å². The second-order valence-electron chi connectivity index (χ2n) is 7.08. The zero-order valence-corrected chi connectivity index (χ0v) is 15.9. The fraction of sp³-hybridized carbons (Fsp3) is 0.526. The van der Waals surface area contributed by atoms with Crippen LogP contribution in [0.2, 0.25) is 0 Å². The first-order chi connectivity index (χ1) is 12.1. The molecule has 6 nitrogen and oxygen atoms in total. The molecule has 1 fully saturated rings. The highest BCUT2D eigenvalue weighted by molar-refractivity contribution is 6.09. The van der Waals surface area contributed by atoms with Crippen molar-refractivity contribution in [2.24, 2.45) is 0 Å². The third-order valence-corrected chi connectivity index (χ3v) is 4.74. The molecular weight excluding hydrogens is 337 g/mol. The maximum atomic E-state index is 13.2.